The Morgan fingerprint density at radius 3 is 2.48 bits per heavy atom. The summed E-state index contributed by atoms with van der Waals surface area (Å²) in [5.41, 5.74) is 2.81. The van der Waals surface area contributed by atoms with Gasteiger partial charge < -0.3 is 5.32 Å². The first kappa shape index (κ1) is 16.5. The second-order valence-electron chi connectivity index (χ2n) is 5.48. The zero-order valence-electron chi connectivity index (χ0n) is 12.9. The first-order chi connectivity index (χ1) is 10.2. The van der Waals surface area contributed by atoms with Gasteiger partial charge in [0.25, 0.3) is 0 Å². The highest BCUT2D eigenvalue weighted by Crippen LogP contribution is 2.22. The molecule has 0 aliphatic rings. The van der Waals surface area contributed by atoms with E-state index >= 15 is 0 Å². The third kappa shape index (κ3) is 5.46. The molecule has 0 saturated heterocycles. The molecular formula is C18H24ClNS. The van der Waals surface area contributed by atoms with Crippen LogP contribution in [0.3, 0.4) is 0 Å². The zero-order valence-corrected chi connectivity index (χ0v) is 14.4. The average Bonchev–Trinajstić information content (AvgIpc) is 2.91. The fourth-order valence-corrected chi connectivity index (χ4v) is 3.46. The molecule has 0 bridgehead atoms. The molecule has 0 amide bonds. The molecule has 0 radical (unpaired) electrons. The first-order valence-corrected chi connectivity index (χ1v) is 8.95. The Bertz CT molecular complexity index is 532. The number of hydrogen-bond acceptors (Lipinski definition) is 2. The van der Waals surface area contributed by atoms with Gasteiger partial charge in [-0.2, -0.15) is 0 Å². The van der Waals surface area contributed by atoms with Crippen molar-refractivity contribution in [1.29, 1.82) is 0 Å². The molecule has 21 heavy (non-hydrogen) atoms. The molecule has 1 aromatic carbocycles. The molecule has 3 heteroatoms. The lowest BCUT2D eigenvalue weighted by molar-refractivity contribution is 0.578. The van der Waals surface area contributed by atoms with E-state index in [-0.39, 0.29) is 0 Å². The first-order valence-electron chi connectivity index (χ1n) is 7.75. The van der Waals surface area contributed by atoms with Crippen LogP contribution >= 0.6 is 22.9 Å². The van der Waals surface area contributed by atoms with Crippen LogP contribution in [0.15, 0.2) is 36.4 Å². The summed E-state index contributed by atoms with van der Waals surface area (Å²) in [5.74, 6) is 0. The fourth-order valence-electron chi connectivity index (χ4n) is 2.37. The molecule has 0 aliphatic heterocycles. The number of rotatable bonds is 8. The maximum atomic E-state index is 5.95. The van der Waals surface area contributed by atoms with Gasteiger partial charge in [0.05, 0.1) is 4.34 Å². The summed E-state index contributed by atoms with van der Waals surface area (Å²) in [4.78, 5) is 1.34. The summed E-state index contributed by atoms with van der Waals surface area (Å²) in [6.07, 6.45) is 4.76. The van der Waals surface area contributed by atoms with E-state index in [4.69, 9.17) is 11.6 Å². The molecule has 2 aromatic rings. The normalized spacial score (nSPS) is 12.5. The predicted molar refractivity (Wildman–Crippen MR) is 94.5 cm³/mol. The van der Waals surface area contributed by atoms with E-state index in [1.54, 1.807) is 11.3 Å². The van der Waals surface area contributed by atoms with Gasteiger partial charge in [-0.15, -0.1) is 11.3 Å². The summed E-state index contributed by atoms with van der Waals surface area (Å²) in [6, 6.07) is 13.5. The topological polar surface area (TPSA) is 12.0 Å². The monoisotopic (exact) mass is 321 g/mol. The minimum absolute atomic E-state index is 0.389. The number of aryl methyl sites for hydroxylation is 1. The molecule has 1 N–H and O–H groups in total. The number of benzene rings is 1. The van der Waals surface area contributed by atoms with Crippen molar-refractivity contribution >= 4 is 22.9 Å². The van der Waals surface area contributed by atoms with Crippen molar-refractivity contribution in [1.82, 2.24) is 5.32 Å². The van der Waals surface area contributed by atoms with E-state index in [1.807, 2.05) is 6.07 Å². The van der Waals surface area contributed by atoms with Crippen LogP contribution in [-0.4, -0.2) is 6.54 Å². The Morgan fingerprint density at radius 2 is 1.86 bits per heavy atom. The lowest BCUT2D eigenvalue weighted by Gasteiger charge is -2.14. The van der Waals surface area contributed by atoms with E-state index in [0.717, 1.165) is 17.3 Å². The van der Waals surface area contributed by atoms with Crippen LogP contribution in [0.2, 0.25) is 4.34 Å². The van der Waals surface area contributed by atoms with E-state index in [1.165, 1.54) is 35.3 Å². The molecule has 1 heterocycles. The molecule has 1 atom stereocenters. The number of hydrogen-bond donors (Lipinski definition) is 1. The Labute approximate surface area is 137 Å². The van der Waals surface area contributed by atoms with Gasteiger partial charge in [-0.1, -0.05) is 49.2 Å². The SMILES string of the molecule is CCCCc1ccc(C(C)NCCc2ccc(Cl)s2)cc1. The maximum absolute atomic E-state index is 5.95. The van der Waals surface area contributed by atoms with Gasteiger partial charge in [0.15, 0.2) is 0 Å². The Hall–Kier alpha value is -0.830. The minimum Gasteiger partial charge on any atom is -0.310 e. The highest BCUT2D eigenvalue weighted by molar-refractivity contribution is 7.16. The van der Waals surface area contributed by atoms with Crippen molar-refractivity contribution in [3.8, 4) is 0 Å². The van der Waals surface area contributed by atoms with Crippen LogP contribution in [0.25, 0.3) is 0 Å². The quantitative estimate of drug-likeness (QED) is 0.663. The Balaban J connectivity index is 1.78. The molecule has 0 aliphatic carbocycles. The largest absolute Gasteiger partial charge is 0.310 e. The lowest BCUT2D eigenvalue weighted by atomic mass is 10.0. The molecule has 1 nitrogen and oxygen atoms in total. The highest BCUT2D eigenvalue weighted by Gasteiger charge is 2.05. The average molecular weight is 322 g/mol. The zero-order chi connectivity index (χ0) is 15.1. The summed E-state index contributed by atoms with van der Waals surface area (Å²) in [5, 5.41) is 3.58. The van der Waals surface area contributed by atoms with Crippen LogP contribution < -0.4 is 5.32 Å². The highest BCUT2D eigenvalue weighted by atomic mass is 35.5. The molecule has 0 saturated carbocycles. The van der Waals surface area contributed by atoms with Gasteiger partial charge in [-0.05, 0) is 49.4 Å². The van der Waals surface area contributed by atoms with E-state index < -0.39 is 0 Å². The van der Waals surface area contributed by atoms with Crippen molar-refractivity contribution < 1.29 is 0 Å². The van der Waals surface area contributed by atoms with Crippen LogP contribution in [0.5, 0.6) is 0 Å². The van der Waals surface area contributed by atoms with E-state index in [9.17, 15) is 0 Å². The maximum Gasteiger partial charge on any atom is 0.0931 e. The van der Waals surface area contributed by atoms with Crippen molar-refractivity contribution in [2.24, 2.45) is 0 Å². The molecule has 2 rings (SSSR count). The molecule has 0 fully saturated rings. The summed E-state index contributed by atoms with van der Waals surface area (Å²) in [6.45, 7) is 5.44. The van der Waals surface area contributed by atoms with Crippen LogP contribution in [0.4, 0.5) is 0 Å². The second-order valence-corrected chi connectivity index (χ2v) is 7.28. The molecular weight excluding hydrogens is 298 g/mol. The summed E-state index contributed by atoms with van der Waals surface area (Å²) < 4.78 is 0.876. The number of thiophene rings is 1. The van der Waals surface area contributed by atoms with Crippen molar-refractivity contribution in [2.75, 3.05) is 6.54 Å². The van der Waals surface area contributed by atoms with E-state index in [0.29, 0.717) is 6.04 Å². The number of halogens is 1. The second kappa shape index (κ2) is 8.57. The van der Waals surface area contributed by atoms with Crippen molar-refractivity contribution in [3.63, 3.8) is 0 Å². The van der Waals surface area contributed by atoms with Gasteiger partial charge in [-0.3, -0.25) is 0 Å². The van der Waals surface area contributed by atoms with Crippen LogP contribution in [0, 0.1) is 0 Å². The van der Waals surface area contributed by atoms with Crippen molar-refractivity contribution in [3.05, 3.63) is 56.7 Å². The smallest absolute Gasteiger partial charge is 0.0931 e. The van der Waals surface area contributed by atoms with Crippen LogP contribution in [-0.2, 0) is 12.8 Å². The van der Waals surface area contributed by atoms with Gasteiger partial charge in [0.2, 0.25) is 0 Å². The van der Waals surface area contributed by atoms with Gasteiger partial charge in [-0.25, -0.2) is 0 Å². The van der Waals surface area contributed by atoms with Gasteiger partial charge in [0, 0.05) is 17.5 Å². The van der Waals surface area contributed by atoms with Gasteiger partial charge in [0.1, 0.15) is 0 Å². The predicted octanol–water partition coefficient (Wildman–Crippen LogP) is 5.64. The minimum atomic E-state index is 0.389. The summed E-state index contributed by atoms with van der Waals surface area (Å²) in [7, 11) is 0. The molecule has 1 aromatic heterocycles. The molecule has 0 spiro atoms. The number of unbranched alkanes of at least 4 members (excludes halogenated alkanes) is 1. The summed E-state index contributed by atoms with van der Waals surface area (Å²) >= 11 is 7.62. The van der Waals surface area contributed by atoms with E-state index in [2.05, 4.69) is 49.5 Å². The van der Waals surface area contributed by atoms with Gasteiger partial charge >= 0.3 is 0 Å². The Kier molecular flexibility index (Phi) is 6.75. The van der Waals surface area contributed by atoms with Crippen LogP contribution in [0.1, 0.15) is 48.7 Å². The standard InChI is InChI=1S/C18H24ClNS/c1-3-4-5-15-6-8-16(9-7-15)14(2)20-13-12-17-10-11-18(19)21-17/h6-11,14,20H,3-5,12-13H2,1-2H3. The Morgan fingerprint density at radius 1 is 1.10 bits per heavy atom. The molecule has 1 unspecified atom stereocenters. The fraction of sp³-hybridized carbons (Fsp3) is 0.444. The van der Waals surface area contributed by atoms with Crippen molar-refractivity contribution in [2.45, 2.75) is 45.6 Å². The third-order valence-corrected chi connectivity index (χ3v) is 5.04. The lowest BCUT2D eigenvalue weighted by Crippen LogP contribution is -2.21. The number of nitrogens with one attached hydrogen (secondary N) is 1. The molecule has 114 valence electrons. The third-order valence-electron chi connectivity index (χ3n) is 3.75.